The number of fused-ring (bicyclic) bond motifs is 2. The van der Waals surface area contributed by atoms with Gasteiger partial charge in [0.05, 0.1) is 22.4 Å². The van der Waals surface area contributed by atoms with Crippen LogP contribution in [0, 0.1) is 0 Å². The maximum absolute atomic E-state index is 11.7. The Labute approximate surface area is 211 Å². The Morgan fingerprint density at radius 2 is 1.14 bits per heavy atom. The molecule has 2 aromatic carbocycles. The van der Waals surface area contributed by atoms with Gasteiger partial charge in [-0.1, -0.05) is 61.4 Å². The van der Waals surface area contributed by atoms with Crippen LogP contribution in [0.4, 0.5) is 0 Å². The third kappa shape index (κ3) is 5.83. The molecular formula is C30H30N4O2. The SMILES string of the molecule is O=C1C=CC(=O)N1CCCCCCN(Cc1ccc2ccccc2n1)Cc1ccc2ccccc2n1. The van der Waals surface area contributed by atoms with E-state index in [2.05, 4.69) is 53.4 Å². The molecule has 1 aliphatic rings. The van der Waals surface area contributed by atoms with E-state index in [-0.39, 0.29) is 11.8 Å². The number of imide groups is 1. The van der Waals surface area contributed by atoms with E-state index < -0.39 is 0 Å². The largest absolute Gasteiger partial charge is 0.292 e. The second-order valence-electron chi connectivity index (χ2n) is 9.28. The lowest BCUT2D eigenvalue weighted by molar-refractivity contribution is -0.136. The van der Waals surface area contributed by atoms with Crippen molar-refractivity contribution in [1.29, 1.82) is 0 Å². The summed E-state index contributed by atoms with van der Waals surface area (Å²) in [6.45, 7) is 2.92. The summed E-state index contributed by atoms with van der Waals surface area (Å²) < 4.78 is 0. The Hall–Kier alpha value is -3.90. The number of para-hydroxylation sites is 2. The lowest BCUT2D eigenvalue weighted by atomic mass is 10.1. The molecule has 182 valence electrons. The second-order valence-corrected chi connectivity index (χ2v) is 9.28. The standard InChI is InChI=1S/C30H30N4O2/c35-29-17-18-30(36)34(29)20-8-2-1-7-19-33(21-25-15-13-23-9-3-5-11-27(23)31-25)22-26-16-14-24-10-4-6-12-28(24)32-26/h3-6,9-18H,1-2,7-8,19-22H2. The highest BCUT2D eigenvalue weighted by Gasteiger charge is 2.22. The highest BCUT2D eigenvalue weighted by molar-refractivity contribution is 6.12. The minimum absolute atomic E-state index is 0.197. The minimum atomic E-state index is -0.197. The molecule has 2 amide bonds. The predicted octanol–water partition coefficient (Wildman–Crippen LogP) is 5.27. The summed E-state index contributed by atoms with van der Waals surface area (Å²) in [5, 5.41) is 2.29. The number of carbonyl (C=O) groups is 2. The molecule has 4 aromatic rings. The van der Waals surface area contributed by atoms with Gasteiger partial charge >= 0.3 is 0 Å². The van der Waals surface area contributed by atoms with Crippen molar-refractivity contribution in [3.05, 3.63) is 96.3 Å². The van der Waals surface area contributed by atoms with Gasteiger partial charge in [-0.05, 0) is 43.7 Å². The lowest BCUT2D eigenvalue weighted by Crippen LogP contribution is -2.30. The normalized spacial score (nSPS) is 13.5. The van der Waals surface area contributed by atoms with Crippen LogP contribution >= 0.6 is 0 Å². The third-order valence-corrected chi connectivity index (χ3v) is 6.59. The van der Waals surface area contributed by atoms with E-state index in [1.807, 2.05) is 24.3 Å². The van der Waals surface area contributed by atoms with Gasteiger partial charge in [-0.15, -0.1) is 0 Å². The van der Waals surface area contributed by atoms with Crippen molar-refractivity contribution in [3.8, 4) is 0 Å². The molecule has 0 N–H and O–H groups in total. The fraction of sp³-hybridized carbons (Fsp3) is 0.267. The zero-order chi connectivity index (χ0) is 24.7. The quantitative estimate of drug-likeness (QED) is 0.217. The molecule has 0 fully saturated rings. The van der Waals surface area contributed by atoms with Crippen LogP contribution in [-0.2, 0) is 22.7 Å². The summed E-state index contributed by atoms with van der Waals surface area (Å²) in [4.78, 5) is 36.9. The van der Waals surface area contributed by atoms with Gasteiger partial charge in [0.25, 0.3) is 11.8 Å². The summed E-state index contributed by atoms with van der Waals surface area (Å²) in [7, 11) is 0. The Bertz CT molecular complexity index is 1320. The van der Waals surface area contributed by atoms with Crippen LogP contribution in [0.15, 0.2) is 84.9 Å². The lowest BCUT2D eigenvalue weighted by Gasteiger charge is -2.22. The fourth-order valence-electron chi connectivity index (χ4n) is 4.68. The Kier molecular flexibility index (Phi) is 7.43. The van der Waals surface area contributed by atoms with Gasteiger partial charge in [-0.3, -0.25) is 29.4 Å². The van der Waals surface area contributed by atoms with Gasteiger partial charge in [0.2, 0.25) is 0 Å². The molecule has 0 saturated heterocycles. The molecule has 0 spiro atoms. The van der Waals surface area contributed by atoms with Gasteiger partial charge in [-0.2, -0.15) is 0 Å². The first-order valence-corrected chi connectivity index (χ1v) is 12.6. The predicted molar refractivity (Wildman–Crippen MR) is 142 cm³/mol. The Morgan fingerprint density at radius 3 is 1.72 bits per heavy atom. The number of amides is 2. The first-order chi connectivity index (χ1) is 17.7. The highest BCUT2D eigenvalue weighted by Crippen LogP contribution is 2.17. The zero-order valence-electron chi connectivity index (χ0n) is 20.3. The topological polar surface area (TPSA) is 66.4 Å². The van der Waals surface area contributed by atoms with Crippen LogP contribution < -0.4 is 0 Å². The number of hydrogen-bond acceptors (Lipinski definition) is 5. The van der Waals surface area contributed by atoms with E-state index in [1.54, 1.807) is 0 Å². The highest BCUT2D eigenvalue weighted by atomic mass is 16.2. The third-order valence-electron chi connectivity index (χ3n) is 6.59. The molecule has 0 bridgehead atoms. The van der Waals surface area contributed by atoms with E-state index in [4.69, 9.17) is 9.97 Å². The summed E-state index contributed by atoms with van der Waals surface area (Å²) in [6.07, 6.45) is 6.58. The van der Waals surface area contributed by atoms with Crippen molar-refractivity contribution in [1.82, 2.24) is 19.8 Å². The molecule has 6 heteroatoms. The monoisotopic (exact) mass is 478 g/mol. The molecule has 6 nitrogen and oxygen atoms in total. The molecule has 0 unspecified atom stereocenters. The summed E-state index contributed by atoms with van der Waals surface area (Å²) in [5.74, 6) is -0.395. The number of aromatic nitrogens is 2. The van der Waals surface area contributed by atoms with Gasteiger partial charge in [0.1, 0.15) is 0 Å². The van der Waals surface area contributed by atoms with Crippen LogP contribution in [0.2, 0.25) is 0 Å². The number of unbranched alkanes of at least 4 members (excludes halogenated alkanes) is 3. The Balaban J connectivity index is 1.21. The van der Waals surface area contributed by atoms with Crippen LogP contribution in [-0.4, -0.2) is 44.7 Å². The Morgan fingerprint density at radius 1 is 0.611 bits per heavy atom. The van der Waals surface area contributed by atoms with Crippen LogP contribution in [0.3, 0.4) is 0 Å². The summed E-state index contributed by atoms with van der Waals surface area (Å²) >= 11 is 0. The first-order valence-electron chi connectivity index (χ1n) is 12.6. The van der Waals surface area contributed by atoms with E-state index in [0.29, 0.717) is 6.54 Å². The van der Waals surface area contributed by atoms with Crippen molar-refractivity contribution < 1.29 is 9.59 Å². The van der Waals surface area contributed by atoms with Crippen molar-refractivity contribution in [2.75, 3.05) is 13.1 Å². The van der Waals surface area contributed by atoms with E-state index in [1.165, 1.54) is 17.1 Å². The molecule has 0 radical (unpaired) electrons. The number of pyridine rings is 2. The number of benzene rings is 2. The van der Waals surface area contributed by atoms with Gasteiger partial charge in [0.15, 0.2) is 0 Å². The first kappa shape index (κ1) is 23.8. The molecule has 0 atom stereocenters. The van der Waals surface area contributed by atoms with Crippen molar-refractivity contribution in [2.45, 2.75) is 38.8 Å². The van der Waals surface area contributed by atoms with Crippen molar-refractivity contribution in [3.63, 3.8) is 0 Å². The number of hydrogen-bond donors (Lipinski definition) is 0. The van der Waals surface area contributed by atoms with Gasteiger partial charge < -0.3 is 0 Å². The fourth-order valence-corrected chi connectivity index (χ4v) is 4.68. The number of rotatable bonds is 11. The summed E-state index contributed by atoms with van der Waals surface area (Å²) in [5.41, 5.74) is 4.12. The number of carbonyl (C=O) groups excluding carboxylic acids is 2. The molecule has 1 aliphatic heterocycles. The van der Waals surface area contributed by atoms with Gasteiger partial charge in [-0.25, -0.2) is 0 Å². The molecular weight excluding hydrogens is 448 g/mol. The molecule has 2 aromatic heterocycles. The molecule has 0 saturated carbocycles. The molecule has 3 heterocycles. The van der Waals surface area contributed by atoms with E-state index in [9.17, 15) is 9.59 Å². The van der Waals surface area contributed by atoms with Crippen LogP contribution in [0.25, 0.3) is 21.8 Å². The second kappa shape index (κ2) is 11.2. The zero-order valence-corrected chi connectivity index (χ0v) is 20.3. The van der Waals surface area contributed by atoms with Crippen LogP contribution in [0.1, 0.15) is 37.1 Å². The van der Waals surface area contributed by atoms with Crippen LogP contribution in [0.5, 0.6) is 0 Å². The molecule has 36 heavy (non-hydrogen) atoms. The number of nitrogens with zero attached hydrogens (tertiary/aromatic N) is 4. The van der Waals surface area contributed by atoms with E-state index >= 15 is 0 Å². The maximum atomic E-state index is 11.7. The maximum Gasteiger partial charge on any atom is 0.253 e. The van der Waals surface area contributed by atoms with Crippen molar-refractivity contribution >= 4 is 33.6 Å². The summed E-state index contributed by atoms with van der Waals surface area (Å²) in [6, 6.07) is 24.9. The molecule has 5 rings (SSSR count). The molecule has 0 aliphatic carbocycles. The smallest absolute Gasteiger partial charge is 0.253 e. The van der Waals surface area contributed by atoms with Gasteiger partial charge in [0, 0.05) is 42.6 Å². The van der Waals surface area contributed by atoms with E-state index in [0.717, 1.165) is 78.5 Å². The van der Waals surface area contributed by atoms with Crippen molar-refractivity contribution in [2.24, 2.45) is 0 Å². The minimum Gasteiger partial charge on any atom is -0.292 e. The average Bonchev–Trinajstić information content (AvgIpc) is 3.22. The average molecular weight is 479 g/mol.